The molecule has 0 fully saturated rings. The number of hydrogen-bond donors (Lipinski definition) is 2. The van der Waals surface area contributed by atoms with Gasteiger partial charge >= 0.3 is 0 Å². The second-order valence-electron chi connectivity index (χ2n) is 6.48. The fourth-order valence-corrected chi connectivity index (χ4v) is 2.92. The first-order chi connectivity index (χ1) is 14.2. The van der Waals surface area contributed by atoms with Crippen molar-refractivity contribution < 1.29 is 19.1 Å². The summed E-state index contributed by atoms with van der Waals surface area (Å²) in [4.78, 5) is 24.2. The Kier molecular flexibility index (Phi) is 5.42. The molecule has 8 nitrogen and oxygen atoms in total. The first kappa shape index (κ1) is 18.5. The minimum absolute atomic E-state index is 0.101. The van der Waals surface area contributed by atoms with Gasteiger partial charge in [0.1, 0.15) is 0 Å². The molecule has 1 aliphatic rings. The summed E-state index contributed by atoms with van der Waals surface area (Å²) in [6.45, 7) is 0.503. The van der Waals surface area contributed by atoms with E-state index in [1.165, 1.54) is 0 Å². The van der Waals surface area contributed by atoms with Crippen LogP contribution in [-0.4, -0.2) is 41.5 Å². The van der Waals surface area contributed by atoms with Crippen LogP contribution in [0, 0.1) is 0 Å². The summed E-state index contributed by atoms with van der Waals surface area (Å²) in [5, 5.41) is 9.72. The highest BCUT2D eigenvalue weighted by Gasteiger charge is 2.16. The summed E-state index contributed by atoms with van der Waals surface area (Å²) in [7, 11) is 0. The lowest BCUT2D eigenvalue weighted by atomic mass is 10.2. The Labute approximate surface area is 167 Å². The van der Waals surface area contributed by atoms with Crippen molar-refractivity contribution in [1.82, 2.24) is 20.4 Å². The first-order valence-electron chi connectivity index (χ1n) is 9.22. The molecule has 0 spiro atoms. The minimum Gasteiger partial charge on any atom is -0.454 e. The highest BCUT2D eigenvalue weighted by molar-refractivity contribution is 5.97. The van der Waals surface area contributed by atoms with E-state index in [0.717, 1.165) is 11.3 Å². The lowest BCUT2D eigenvalue weighted by molar-refractivity contribution is -0.120. The van der Waals surface area contributed by atoms with Gasteiger partial charge in [0.15, 0.2) is 11.5 Å². The summed E-state index contributed by atoms with van der Waals surface area (Å²) >= 11 is 0. The SMILES string of the molecule is O=C(CNC(=O)c1ccc2c(c1)OCO2)NCCc1cnn(-c2ccccc2)c1. The molecule has 0 atom stereocenters. The zero-order valence-corrected chi connectivity index (χ0v) is 15.6. The molecule has 0 saturated carbocycles. The van der Waals surface area contributed by atoms with Crippen molar-refractivity contribution in [3.05, 3.63) is 72.1 Å². The van der Waals surface area contributed by atoms with Crippen LogP contribution in [0.2, 0.25) is 0 Å². The summed E-state index contributed by atoms with van der Waals surface area (Å²) < 4.78 is 12.3. The molecule has 3 aromatic rings. The molecular formula is C21H20N4O4. The predicted octanol–water partition coefficient (Wildman–Crippen LogP) is 1.69. The Morgan fingerprint density at radius 1 is 1.03 bits per heavy atom. The van der Waals surface area contributed by atoms with Crippen LogP contribution in [0.5, 0.6) is 11.5 Å². The van der Waals surface area contributed by atoms with Crippen LogP contribution in [-0.2, 0) is 11.2 Å². The van der Waals surface area contributed by atoms with Crippen molar-refractivity contribution in [2.24, 2.45) is 0 Å². The molecule has 0 unspecified atom stereocenters. The minimum atomic E-state index is -0.345. The summed E-state index contributed by atoms with van der Waals surface area (Å²) in [6, 6.07) is 14.7. The molecule has 0 aliphatic carbocycles. The van der Waals surface area contributed by atoms with Crippen molar-refractivity contribution in [1.29, 1.82) is 0 Å². The van der Waals surface area contributed by atoms with Gasteiger partial charge in [-0.05, 0) is 42.3 Å². The maximum atomic E-state index is 12.2. The average Bonchev–Trinajstić information content (AvgIpc) is 3.41. The largest absolute Gasteiger partial charge is 0.454 e. The fourth-order valence-electron chi connectivity index (χ4n) is 2.92. The third kappa shape index (κ3) is 4.55. The number of nitrogens with one attached hydrogen (secondary N) is 2. The van der Waals surface area contributed by atoms with E-state index in [1.807, 2.05) is 36.5 Å². The van der Waals surface area contributed by atoms with Crippen LogP contribution < -0.4 is 20.1 Å². The third-order valence-electron chi connectivity index (χ3n) is 4.44. The molecule has 1 aliphatic heterocycles. The van der Waals surface area contributed by atoms with Gasteiger partial charge in [-0.3, -0.25) is 9.59 Å². The van der Waals surface area contributed by atoms with Gasteiger partial charge in [0.2, 0.25) is 12.7 Å². The molecule has 0 bridgehead atoms. The lowest BCUT2D eigenvalue weighted by Gasteiger charge is -2.07. The standard InChI is InChI=1S/C21H20N4O4/c26-20(12-23-21(27)16-6-7-18-19(10-16)29-14-28-18)22-9-8-15-11-24-25(13-15)17-4-2-1-3-5-17/h1-7,10-11,13H,8-9,12,14H2,(H,22,26)(H,23,27). The van der Waals surface area contributed by atoms with Crippen molar-refractivity contribution in [2.75, 3.05) is 19.9 Å². The molecule has 0 saturated heterocycles. The second-order valence-corrected chi connectivity index (χ2v) is 6.48. The van der Waals surface area contributed by atoms with Gasteiger partial charge in [-0.2, -0.15) is 5.10 Å². The number of nitrogens with zero attached hydrogens (tertiary/aromatic N) is 2. The number of hydrogen-bond acceptors (Lipinski definition) is 5. The quantitative estimate of drug-likeness (QED) is 0.638. The molecule has 4 rings (SSSR count). The van der Waals surface area contributed by atoms with Crippen LogP contribution in [0.4, 0.5) is 0 Å². The maximum absolute atomic E-state index is 12.2. The van der Waals surface area contributed by atoms with E-state index in [4.69, 9.17) is 9.47 Å². The van der Waals surface area contributed by atoms with Gasteiger partial charge in [0.25, 0.3) is 5.91 Å². The number of aromatic nitrogens is 2. The number of fused-ring (bicyclic) bond motifs is 1. The summed E-state index contributed by atoms with van der Waals surface area (Å²) in [6.07, 6.45) is 4.36. The first-order valence-corrected chi connectivity index (χ1v) is 9.22. The lowest BCUT2D eigenvalue weighted by Crippen LogP contribution is -2.37. The molecule has 1 aromatic heterocycles. The Morgan fingerprint density at radius 3 is 2.72 bits per heavy atom. The Balaban J connectivity index is 1.20. The Morgan fingerprint density at radius 2 is 1.86 bits per heavy atom. The molecule has 2 N–H and O–H groups in total. The summed E-state index contributed by atoms with van der Waals surface area (Å²) in [5.41, 5.74) is 2.41. The van der Waals surface area contributed by atoms with Crippen molar-refractivity contribution in [2.45, 2.75) is 6.42 Å². The van der Waals surface area contributed by atoms with Gasteiger partial charge in [-0.15, -0.1) is 0 Å². The van der Waals surface area contributed by atoms with E-state index in [2.05, 4.69) is 15.7 Å². The van der Waals surface area contributed by atoms with Crippen LogP contribution in [0.1, 0.15) is 15.9 Å². The van der Waals surface area contributed by atoms with Gasteiger partial charge in [0, 0.05) is 18.3 Å². The second kappa shape index (κ2) is 8.47. The number of carbonyl (C=O) groups excluding carboxylic acids is 2. The normalized spacial score (nSPS) is 11.9. The Bertz CT molecular complexity index is 1020. The molecular weight excluding hydrogens is 372 g/mol. The molecule has 0 radical (unpaired) electrons. The van der Waals surface area contributed by atoms with Gasteiger partial charge in [-0.1, -0.05) is 18.2 Å². The highest BCUT2D eigenvalue weighted by Crippen LogP contribution is 2.32. The smallest absolute Gasteiger partial charge is 0.251 e. The predicted molar refractivity (Wildman–Crippen MR) is 105 cm³/mol. The van der Waals surface area contributed by atoms with E-state index >= 15 is 0 Å². The molecule has 2 aromatic carbocycles. The van der Waals surface area contributed by atoms with Gasteiger partial charge in [0.05, 0.1) is 18.4 Å². The van der Waals surface area contributed by atoms with Crippen LogP contribution in [0.3, 0.4) is 0 Å². The van der Waals surface area contributed by atoms with Crippen LogP contribution in [0.15, 0.2) is 60.9 Å². The molecule has 29 heavy (non-hydrogen) atoms. The average molecular weight is 392 g/mol. The maximum Gasteiger partial charge on any atom is 0.251 e. The van der Waals surface area contributed by atoms with E-state index in [-0.39, 0.29) is 25.2 Å². The number of para-hydroxylation sites is 1. The number of rotatable bonds is 7. The van der Waals surface area contributed by atoms with Crippen molar-refractivity contribution in [3.8, 4) is 17.2 Å². The number of carbonyl (C=O) groups is 2. The molecule has 2 amide bonds. The van der Waals surface area contributed by atoms with Gasteiger partial charge in [-0.25, -0.2) is 4.68 Å². The summed E-state index contributed by atoms with van der Waals surface area (Å²) in [5.74, 6) is 0.533. The van der Waals surface area contributed by atoms with E-state index in [1.54, 1.807) is 29.1 Å². The van der Waals surface area contributed by atoms with E-state index in [0.29, 0.717) is 30.0 Å². The molecule has 2 heterocycles. The number of amides is 2. The van der Waals surface area contributed by atoms with Crippen LogP contribution >= 0.6 is 0 Å². The zero-order chi connectivity index (χ0) is 20.1. The van der Waals surface area contributed by atoms with Crippen molar-refractivity contribution >= 4 is 11.8 Å². The van der Waals surface area contributed by atoms with Crippen LogP contribution in [0.25, 0.3) is 5.69 Å². The topological polar surface area (TPSA) is 94.5 Å². The number of ether oxygens (including phenoxy) is 2. The van der Waals surface area contributed by atoms with E-state index in [9.17, 15) is 9.59 Å². The third-order valence-corrected chi connectivity index (χ3v) is 4.44. The molecule has 148 valence electrons. The van der Waals surface area contributed by atoms with Gasteiger partial charge < -0.3 is 20.1 Å². The fraction of sp³-hybridized carbons (Fsp3) is 0.190. The number of benzene rings is 2. The zero-order valence-electron chi connectivity index (χ0n) is 15.6. The Hall–Kier alpha value is -3.81. The van der Waals surface area contributed by atoms with Crippen molar-refractivity contribution in [3.63, 3.8) is 0 Å². The van der Waals surface area contributed by atoms with E-state index < -0.39 is 0 Å². The highest BCUT2D eigenvalue weighted by atomic mass is 16.7. The molecule has 8 heteroatoms. The monoisotopic (exact) mass is 392 g/mol.